The molecule has 20 heavy (non-hydrogen) atoms. The molecular formula is C15H17ClN2O2. The third-order valence-electron chi connectivity index (χ3n) is 3.38. The first-order valence-electron chi connectivity index (χ1n) is 6.77. The van der Waals surface area contributed by atoms with Crippen molar-refractivity contribution in [3.05, 3.63) is 28.8 Å². The van der Waals surface area contributed by atoms with Crippen LogP contribution in [0.5, 0.6) is 5.75 Å². The van der Waals surface area contributed by atoms with E-state index in [-0.39, 0.29) is 5.91 Å². The Balaban J connectivity index is 2.02. The van der Waals surface area contributed by atoms with Crippen molar-refractivity contribution >= 4 is 17.5 Å². The van der Waals surface area contributed by atoms with Crippen molar-refractivity contribution in [1.82, 2.24) is 4.90 Å². The Kier molecular flexibility index (Phi) is 4.86. The summed E-state index contributed by atoms with van der Waals surface area (Å²) in [6.07, 6.45) is 2.71. The number of amides is 1. The molecule has 1 fully saturated rings. The fourth-order valence-electron chi connectivity index (χ4n) is 2.28. The molecule has 1 unspecified atom stereocenters. The number of rotatable bonds is 3. The van der Waals surface area contributed by atoms with Crippen LogP contribution in [0, 0.1) is 11.3 Å². The Morgan fingerprint density at radius 1 is 1.40 bits per heavy atom. The lowest BCUT2D eigenvalue weighted by atomic mass is 10.1. The van der Waals surface area contributed by atoms with Gasteiger partial charge in [-0.3, -0.25) is 4.79 Å². The largest absolute Gasteiger partial charge is 0.479 e. The van der Waals surface area contributed by atoms with E-state index in [0.29, 0.717) is 16.3 Å². The summed E-state index contributed by atoms with van der Waals surface area (Å²) in [7, 11) is 0. The molecule has 1 aliphatic rings. The summed E-state index contributed by atoms with van der Waals surface area (Å²) in [6.45, 7) is 3.33. The number of piperidine rings is 1. The first-order chi connectivity index (χ1) is 9.61. The Morgan fingerprint density at radius 2 is 2.10 bits per heavy atom. The highest BCUT2D eigenvalue weighted by Crippen LogP contribution is 2.26. The third-order valence-corrected chi connectivity index (χ3v) is 3.68. The van der Waals surface area contributed by atoms with E-state index in [9.17, 15) is 4.79 Å². The lowest BCUT2D eigenvalue weighted by Gasteiger charge is -2.29. The molecule has 0 radical (unpaired) electrons. The van der Waals surface area contributed by atoms with Gasteiger partial charge in [0, 0.05) is 13.1 Å². The maximum Gasteiger partial charge on any atom is 0.263 e. The van der Waals surface area contributed by atoms with Gasteiger partial charge in [0.05, 0.1) is 16.7 Å². The fraction of sp³-hybridized carbons (Fsp3) is 0.467. The maximum absolute atomic E-state index is 12.2. The molecule has 1 aromatic carbocycles. The Hall–Kier alpha value is -1.73. The number of hydrogen-bond donors (Lipinski definition) is 0. The number of hydrogen-bond acceptors (Lipinski definition) is 3. The number of halogens is 1. The topological polar surface area (TPSA) is 53.3 Å². The van der Waals surface area contributed by atoms with Crippen molar-refractivity contribution in [2.45, 2.75) is 32.3 Å². The molecule has 0 spiro atoms. The van der Waals surface area contributed by atoms with Crippen LogP contribution >= 0.6 is 11.6 Å². The Bertz CT molecular complexity index is 533. The molecule has 1 aromatic rings. The molecular weight excluding hydrogens is 276 g/mol. The van der Waals surface area contributed by atoms with Gasteiger partial charge in [0.25, 0.3) is 5.91 Å². The molecule has 1 aliphatic heterocycles. The van der Waals surface area contributed by atoms with Gasteiger partial charge in [-0.05, 0) is 44.4 Å². The van der Waals surface area contributed by atoms with Crippen LogP contribution < -0.4 is 4.74 Å². The predicted octanol–water partition coefficient (Wildman–Crippen LogP) is 2.99. The van der Waals surface area contributed by atoms with Crippen LogP contribution in [0.15, 0.2) is 18.2 Å². The van der Waals surface area contributed by atoms with E-state index < -0.39 is 6.10 Å². The summed E-state index contributed by atoms with van der Waals surface area (Å²) in [5.74, 6) is 0.425. The highest BCUT2D eigenvalue weighted by atomic mass is 35.5. The molecule has 0 N–H and O–H groups in total. The molecule has 1 atom stereocenters. The SMILES string of the molecule is CC(Oc1ccc(C#N)cc1Cl)C(=O)N1CCCCC1. The van der Waals surface area contributed by atoms with E-state index in [0.717, 1.165) is 25.9 Å². The van der Waals surface area contributed by atoms with Crippen LogP contribution in [-0.4, -0.2) is 30.0 Å². The number of carbonyl (C=O) groups is 1. The number of nitriles is 1. The van der Waals surface area contributed by atoms with Gasteiger partial charge in [-0.25, -0.2) is 0 Å². The summed E-state index contributed by atoms with van der Waals surface area (Å²) in [5.41, 5.74) is 0.470. The normalized spacial score (nSPS) is 16.4. The van der Waals surface area contributed by atoms with Gasteiger partial charge in [-0.15, -0.1) is 0 Å². The first-order valence-corrected chi connectivity index (χ1v) is 7.14. The predicted molar refractivity (Wildman–Crippen MR) is 76.7 cm³/mol. The maximum atomic E-state index is 12.2. The molecule has 0 saturated carbocycles. The second-order valence-corrected chi connectivity index (χ2v) is 5.31. The number of likely N-dealkylation sites (tertiary alicyclic amines) is 1. The van der Waals surface area contributed by atoms with Crippen LogP contribution in [0.3, 0.4) is 0 Å². The zero-order chi connectivity index (χ0) is 14.5. The summed E-state index contributed by atoms with van der Waals surface area (Å²) >= 11 is 6.04. The second-order valence-electron chi connectivity index (χ2n) is 4.90. The lowest BCUT2D eigenvalue weighted by molar-refractivity contribution is -0.138. The number of nitrogens with zero attached hydrogens (tertiary/aromatic N) is 2. The molecule has 1 amide bonds. The molecule has 0 aliphatic carbocycles. The number of carbonyl (C=O) groups excluding carboxylic acids is 1. The minimum atomic E-state index is -0.571. The minimum absolute atomic E-state index is 0.00914. The molecule has 1 saturated heterocycles. The molecule has 5 heteroatoms. The minimum Gasteiger partial charge on any atom is -0.479 e. The molecule has 2 rings (SSSR count). The average Bonchev–Trinajstić information content (AvgIpc) is 2.49. The highest BCUT2D eigenvalue weighted by Gasteiger charge is 2.24. The Labute approximate surface area is 123 Å². The van der Waals surface area contributed by atoms with E-state index in [1.54, 1.807) is 19.1 Å². The average molecular weight is 293 g/mol. The van der Waals surface area contributed by atoms with Crippen LogP contribution in [0.2, 0.25) is 5.02 Å². The van der Waals surface area contributed by atoms with Gasteiger partial charge in [0.15, 0.2) is 6.10 Å². The molecule has 1 heterocycles. The smallest absolute Gasteiger partial charge is 0.263 e. The van der Waals surface area contributed by atoms with Crippen molar-refractivity contribution in [3.63, 3.8) is 0 Å². The monoisotopic (exact) mass is 292 g/mol. The second kappa shape index (κ2) is 6.62. The first kappa shape index (κ1) is 14.7. The van der Waals surface area contributed by atoms with Crippen LogP contribution in [0.1, 0.15) is 31.7 Å². The van der Waals surface area contributed by atoms with Crippen LogP contribution in [0.4, 0.5) is 0 Å². The number of ether oxygens (including phenoxy) is 1. The van der Waals surface area contributed by atoms with Gasteiger partial charge in [-0.2, -0.15) is 5.26 Å². The quantitative estimate of drug-likeness (QED) is 0.860. The van der Waals surface area contributed by atoms with E-state index in [1.165, 1.54) is 12.5 Å². The standard InChI is InChI=1S/C15H17ClN2O2/c1-11(15(19)18-7-3-2-4-8-18)20-14-6-5-12(10-17)9-13(14)16/h5-6,9,11H,2-4,7-8H2,1H3. The van der Waals surface area contributed by atoms with E-state index in [4.69, 9.17) is 21.6 Å². The van der Waals surface area contributed by atoms with E-state index in [1.807, 2.05) is 11.0 Å². The van der Waals surface area contributed by atoms with Crippen LogP contribution in [0.25, 0.3) is 0 Å². The highest BCUT2D eigenvalue weighted by molar-refractivity contribution is 6.32. The summed E-state index contributed by atoms with van der Waals surface area (Å²) in [6, 6.07) is 6.79. The molecule has 4 nitrogen and oxygen atoms in total. The van der Waals surface area contributed by atoms with Gasteiger partial charge in [-0.1, -0.05) is 11.6 Å². The summed E-state index contributed by atoms with van der Waals surface area (Å²) < 4.78 is 5.63. The van der Waals surface area contributed by atoms with Crippen molar-refractivity contribution in [2.75, 3.05) is 13.1 Å². The molecule has 0 aromatic heterocycles. The Morgan fingerprint density at radius 3 is 2.70 bits per heavy atom. The molecule has 0 bridgehead atoms. The van der Waals surface area contributed by atoms with Crippen molar-refractivity contribution in [1.29, 1.82) is 5.26 Å². The lowest BCUT2D eigenvalue weighted by Crippen LogP contribution is -2.43. The zero-order valence-electron chi connectivity index (χ0n) is 11.4. The van der Waals surface area contributed by atoms with Crippen LogP contribution in [-0.2, 0) is 4.79 Å². The fourth-order valence-corrected chi connectivity index (χ4v) is 2.50. The molecule has 106 valence electrons. The van der Waals surface area contributed by atoms with Gasteiger partial charge >= 0.3 is 0 Å². The van der Waals surface area contributed by atoms with Crippen molar-refractivity contribution < 1.29 is 9.53 Å². The van der Waals surface area contributed by atoms with Crippen molar-refractivity contribution in [2.24, 2.45) is 0 Å². The zero-order valence-corrected chi connectivity index (χ0v) is 12.2. The van der Waals surface area contributed by atoms with E-state index >= 15 is 0 Å². The summed E-state index contributed by atoms with van der Waals surface area (Å²) in [5, 5.41) is 9.13. The van der Waals surface area contributed by atoms with E-state index in [2.05, 4.69) is 0 Å². The number of benzene rings is 1. The van der Waals surface area contributed by atoms with Gasteiger partial charge in [0.2, 0.25) is 0 Å². The van der Waals surface area contributed by atoms with Gasteiger partial charge in [0.1, 0.15) is 5.75 Å². The third kappa shape index (κ3) is 3.43. The van der Waals surface area contributed by atoms with Gasteiger partial charge < -0.3 is 9.64 Å². The van der Waals surface area contributed by atoms with Crippen molar-refractivity contribution in [3.8, 4) is 11.8 Å². The summed E-state index contributed by atoms with van der Waals surface area (Å²) in [4.78, 5) is 14.1.